The van der Waals surface area contributed by atoms with Gasteiger partial charge < -0.3 is 29.6 Å². The van der Waals surface area contributed by atoms with Crippen LogP contribution in [-0.2, 0) is 11.0 Å². The summed E-state index contributed by atoms with van der Waals surface area (Å²) in [5.74, 6) is 1.75. The van der Waals surface area contributed by atoms with Crippen LogP contribution in [0.3, 0.4) is 0 Å². The van der Waals surface area contributed by atoms with Crippen molar-refractivity contribution in [2.24, 2.45) is 0 Å². The van der Waals surface area contributed by atoms with Crippen molar-refractivity contribution >= 4 is 30.1 Å². The predicted octanol–water partition coefficient (Wildman–Crippen LogP) is 3.65. The lowest BCUT2D eigenvalue weighted by Gasteiger charge is -2.36. The number of anilines is 2. The van der Waals surface area contributed by atoms with E-state index in [0.717, 1.165) is 76.8 Å². The Balaban J connectivity index is 0.000000556. The summed E-state index contributed by atoms with van der Waals surface area (Å²) in [5.41, 5.74) is 2.68. The van der Waals surface area contributed by atoms with Gasteiger partial charge in [-0.05, 0) is 55.3 Å². The van der Waals surface area contributed by atoms with Crippen molar-refractivity contribution in [3.63, 3.8) is 0 Å². The van der Waals surface area contributed by atoms with Crippen LogP contribution in [-0.4, -0.2) is 70.4 Å². The first-order valence-electron chi connectivity index (χ1n) is 12.5. The molecule has 0 radical (unpaired) electrons. The largest absolute Gasteiger partial charge is 0.478 e. The van der Waals surface area contributed by atoms with Gasteiger partial charge in [-0.15, -0.1) is 0 Å². The highest BCUT2D eigenvalue weighted by Crippen LogP contribution is 2.28. The second-order valence-electron chi connectivity index (χ2n) is 9.08. The fourth-order valence-corrected chi connectivity index (χ4v) is 4.70. The number of hydrogen-bond acceptors (Lipinski definition) is 6. The standard InChI is InChI=1S/C26H32N4O.H3O4P/c1-2-10-23-21(7-1)8-5-11-24(23)30-18-16-29(17-19-30)15-3-4-20-31-25-13-12-22-9-6-14-27-26(22)28-25;1-5(2,3)4/h1-2,5,7-8,10-13H,3-4,6,9,14-20H2,(H,27,28);(H3,1,2,3,4). The molecule has 194 valence electrons. The first-order chi connectivity index (χ1) is 17.4. The van der Waals surface area contributed by atoms with Gasteiger partial charge in [0, 0.05) is 49.9 Å². The zero-order valence-corrected chi connectivity index (χ0v) is 21.3. The highest BCUT2D eigenvalue weighted by atomic mass is 31.2. The smallest absolute Gasteiger partial charge is 0.466 e. The summed E-state index contributed by atoms with van der Waals surface area (Å²) < 4.78 is 14.8. The Kier molecular flexibility index (Phi) is 9.18. The second kappa shape index (κ2) is 12.5. The molecule has 5 rings (SSSR count). The van der Waals surface area contributed by atoms with E-state index in [1.54, 1.807) is 0 Å². The lowest BCUT2D eigenvalue weighted by Crippen LogP contribution is -2.46. The number of nitrogens with one attached hydrogen (secondary N) is 1. The molecule has 1 fully saturated rings. The number of nitrogens with zero attached hydrogens (tertiary/aromatic N) is 3. The minimum absolute atomic E-state index is 0.738. The third-order valence-electron chi connectivity index (χ3n) is 6.47. The molecular formula is C26H35N4O5P. The van der Waals surface area contributed by atoms with Crippen LogP contribution in [0.1, 0.15) is 24.8 Å². The first-order valence-corrected chi connectivity index (χ1v) is 14.0. The lowest BCUT2D eigenvalue weighted by molar-refractivity contribution is 0.237. The molecule has 1 aromatic heterocycles. The summed E-state index contributed by atoms with van der Waals surface area (Å²) >= 11 is 0. The number of rotatable bonds is 7. The van der Waals surface area contributed by atoms with Crippen molar-refractivity contribution in [2.75, 3.05) is 56.1 Å². The molecule has 0 aliphatic carbocycles. The Labute approximate surface area is 212 Å². The number of unbranched alkanes of at least 4 members (excludes halogenated alkanes) is 1. The minimum Gasteiger partial charge on any atom is -0.478 e. The van der Waals surface area contributed by atoms with E-state index in [2.05, 4.69) is 68.6 Å². The monoisotopic (exact) mass is 514 g/mol. The average molecular weight is 515 g/mol. The Morgan fingerprint density at radius 3 is 2.50 bits per heavy atom. The number of fused-ring (bicyclic) bond motifs is 2. The van der Waals surface area contributed by atoms with Gasteiger partial charge in [-0.2, -0.15) is 4.98 Å². The maximum atomic E-state index is 8.88. The number of aromatic nitrogens is 1. The Morgan fingerprint density at radius 2 is 1.69 bits per heavy atom. The van der Waals surface area contributed by atoms with Crippen molar-refractivity contribution in [1.29, 1.82) is 0 Å². The van der Waals surface area contributed by atoms with Gasteiger partial charge in [0.25, 0.3) is 0 Å². The predicted molar refractivity (Wildman–Crippen MR) is 143 cm³/mol. The first kappa shape index (κ1) is 26.4. The van der Waals surface area contributed by atoms with E-state index < -0.39 is 7.82 Å². The van der Waals surface area contributed by atoms with Crippen molar-refractivity contribution in [3.8, 4) is 5.88 Å². The second-order valence-corrected chi connectivity index (χ2v) is 10.1. The van der Waals surface area contributed by atoms with Gasteiger partial charge in [0.05, 0.1) is 6.61 Å². The molecule has 0 amide bonds. The molecule has 0 atom stereocenters. The number of piperazine rings is 1. The van der Waals surface area contributed by atoms with Gasteiger partial charge in [0.2, 0.25) is 5.88 Å². The van der Waals surface area contributed by atoms with Crippen LogP contribution in [0.15, 0.2) is 54.6 Å². The van der Waals surface area contributed by atoms with Crippen LogP contribution >= 0.6 is 7.82 Å². The van der Waals surface area contributed by atoms with Gasteiger partial charge in [-0.3, -0.25) is 4.90 Å². The van der Waals surface area contributed by atoms with E-state index in [-0.39, 0.29) is 0 Å². The molecule has 2 aromatic carbocycles. The van der Waals surface area contributed by atoms with E-state index in [0.29, 0.717) is 0 Å². The average Bonchev–Trinajstić information content (AvgIpc) is 2.87. The van der Waals surface area contributed by atoms with Crippen molar-refractivity contribution < 1.29 is 24.0 Å². The molecule has 10 heteroatoms. The van der Waals surface area contributed by atoms with Crippen LogP contribution in [0.2, 0.25) is 0 Å². The van der Waals surface area contributed by atoms with E-state index in [9.17, 15) is 0 Å². The number of pyridine rings is 1. The van der Waals surface area contributed by atoms with Crippen LogP contribution in [0.5, 0.6) is 5.88 Å². The fourth-order valence-electron chi connectivity index (χ4n) is 4.70. The maximum Gasteiger partial charge on any atom is 0.466 e. The number of ether oxygens (including phenoxy) is 1. The molecular weight excluding hydrogens is 479 g/mol. The number of aryl methyl sites for hydroxylation is 1. The summed E-state index contributed by atoms with van der Waals surface area (Å²) in [6.07, 6.45) is 4.53. The van der Waals surface area contributed by atoms with Gasteiger partial charge in [-0.1, -0.05) is 36.4 Å². The van der Waals surface area contributed by atoms with Gasteiger partial charge in [-0.25, -0.2) is 4.57 Å². The molecule has 0 spiro atoms. The topological polar surface area (TPSA) is 118 Å². The number of hydrogen-bond donors (Lipinski definition) is 4. The van der Waals surface area contributed by atoms with Crippen LogP contribution in [0, 0.1) is 0 Å². The SMILES string of the molecule is O=P(O)(O)O.c1ccc2c(N3CCN(CCCCOc4ccc5c(n4)NCCC5)CC3)cccc2c1. The van der Waals surface area contributed by atoms with Crippen molar-refractivity contribution in [1.82, 2.24) is 9.88 Å². The molecule has 36 heavy (non-hydrogen) atoms. The molecule has 1 saturated heterocycles. The van der Waals surface area contributed by atoms with E-state index in [1.807, 2.05) is 6.07 Å². The molecule has 3 heterocycles. The van der Waals surface area contributed by atoms with Gasteiger partial charge >= 0.3 is 7.82 Å². The van der Waals surface area contributed by atoms with Crippen LogP contribution in [0.25, 0.3) is 10.8 Å². The molecule has 2 aliphatic rings. The zero-order valence-electron chi connectivity index (χ0n) is 20.4. The highest BCUT2D eigenvalue weighted by Gasteiger charge is 2.18. The number of benzene rings is 2. The third-order valence-corrected chi connectivity index (χ3v) is 6.47. The summed E-state index contributed by atoms with van der Waals surface area (Å²) in [4.78, 5) is 31.3. The zero-order chi connectivity index (χ0) is 25.4. The lowest BCUT2D eigenvalue weighted by atomic mass is 10.1. The van der Waals surface area contributed by atoms with Crippen LogP contribution in [0.4, 0.5) is 11.5 Å². The van der Waals surface area contributed by atoms with Crippen molar-refractivity contribution in [3.05, 3.63) is 60.2 Å². The fraction of sp³-hybridized carbons (Fsp3) is 0.423. The highest BCUT2D eigenvalue weighted by molar-refractivity contribution is 7.45. The molecule has 0 bridgehead atoms. The number of phosphoric acid groups is 1. The Morgan fingerprint density at radius 1 is 0.944 bits per heavy atom. The van der Waals surface area contributed by atoms with E-state index in [4.69, 9.17) is 24.0 Å². The molecule has 2 aliphatic heterocycles. The van der Waals surface area contributed by atoms with E-state index >= 15 is 0 Å². The van der Waals surface area contributed by atoms with Crippen molar-refractivity contribution in [2.45, 2.75) is 25.7 Å². The summed E-state index contributed by atoms with van der Waals surface area (Å²) in [7, 11) is -4.64. The third kappa shape index (κ3) is 7.91. The molecule has 0 unspecified atom stereocenters. The molecule has 0 saturated carbocycles. The summed E-state index contributed by atoms with van der Waals surface area (Å²) in [6.45, 7) is 7.34. The summed E-state index contributed by atoms with van der Waals surface area (Å²) in [6, 6.07) is 19.5. The van der Waals surface area contributed by atoms with Gasteiger partial charge in [0.1, 0.15) is 5.82 Å². The Bertz CT molecular complexity index is 1170. The van der Waals surface area contributed by atoms with Gasteiger partial charge in [0.15, 0.2) is 0 Å². The molecule has 3 aromatic rings. The molecule has 4 N–H and O–H groups in total. The quantitative estimate of drug-likeness (QED) is 0.277. The Hall–Kier alpha value is -2.68. The normalized spacial score (nSPS) is 16.0. The summed E-state index contributed by atoms with van der Waals surface area (Å²) in [5, 5.41) is 6.06. The van der Waals surface area contributed by atoms with E-state index in [1.165, 1.54) is 28.4 Å². The minimum atomic E-state index is -4.64. The van der Waals surface area contributed by atoms with Crippen LogP contribution < -0.4 is 15.0 Å². The maximum absolute atomic E-state index is 8.88. The molecule has 9 nitrogen and oxygen atoms in total.